The quantitative estimate of drug-likeness (QED) is 0.924. The van der Waals surface area contributed by atoms with Crippen LogP contribution in [0.5, 0.6) is 0 Å². The van der Waals surface area contributed by atoms with Gasteiger partial charge in [-0.15, -0.1) is 0 Å². The third-order valence-electron chi connectivity index (χ3n) is 3.28. The van der Waals surface area contributed by atoms with Gasteiger partial charge in [-0.3, -0.25) is 9.89 Å². The number of carbonyl (C=O) groups excluding carboxylic acids is 1. The van der Waals surface area contributed by atoms with Gasteiger partial charge in [0.25, 0.3) is 12.3 Å². The molecule has 0 unspecified atom stereocenters. The Bertz CT molecular complexity index is 462. The summed E-state index contributed by atoms with van der Waals surface area (Å²) in [7, 11) is 0. The Morgan fingerprint density at radius 3 is 2.95 bits per heavy atom. The molecule has 2 heterocycles. The molecule has 7 heteroatoms. The number of hydrogen-bond donors (Lipinski definition) is 1. The monoisotopic (exact) mass is 287 g/mol. The summed E-state index contributed by atoms with van der Waals surface area (Å²) in [4.78, 5) is 14.0. The fraction of sp³-hybridized carbons (Fsp3) is 0.692. The summed E-state index contributed by atoms with van der Waals surface area (Å²) in [6.45, 7) is 5.55. The molecule has 0 saturated carbocycles. The summed E-state index contributed by atoms with van der Waals surface area (Å²) >= 11 is 0. The maximum absolute atomic E-state index is 12.5. The van der Waals surface area contributed by atoms with Crippen LogP contribution in [-0.4, -0.2) is 46.8 Å². The van der Waals surface area contributed by atoms with Crippen molar-refractivity contribution in [1.29, 1.82) is 0 Å². The van der Waals surface area contributed by atoms with E-state index in [4.69, 9.17) is 4.74 Å². The van der Waals surface area contributed by atoms with Crippen molar-refractivity contribution < 1.29 is 18.3 Å². The van der Waals surface area contributed by atoms with Crippen molar-refractivity contribution in [3.05, 3.63) is 17.5 Å². The zero-order chi connectivity index (χ0) is 14.7. The van der Waals surface area contributed by atoms with Crippen LogP contribution in [0, 0.1) is 5.92 Å². The molecule has 112 valence electrons. The average molecular weight is 287 g/mol. The van der Waals surface area contributed by atoms with Crippen molar-refractivity contribution >= 4 is 5.91 Å². The van der Waals surface area contributed by atoms with Gasteiger partial charge in [-0.25, -0.2) is 8.78 Å². The molecule has 1 fully saturated rings. The van der Waals surface area contributed by atoms with Gasteiger partial charge in [-0.05, 0) is 18.4 Å². The van der Waals surface area contributed by atoms with Crippen LogP contribution in [-0.2, 0) is 4.74 Å². The van der Waals surface area contributed by atoms with Gasteiger partial charge >= 0.3 is 0 Å². The van der Waals surface area contributed by atoms with Crippen LogP contribution < -0.4 is 0 Å². The van der Waals surface area contributed by atoms with Gasteiger partial charge in [-0.2, -0.15) is 5.10 Å². The van der Waals surface area contributed by atoms with Gasteiger partial charge in [0.1, 0.15) is 5.69 Å². The fourth-order valence-electron chi connectivity index (χ4n) is 2.37. The molecule has 1 aromatic rings. The van der Waals surface area contributed by atoms with Crippen LogP contribution in [0.1, 0.15) is 42.9 Å². The van der Waals surface area contributed by atoms with Crippen molar-refractivity contribution in [1.82, 2.24) is 15.1 Å². The number of morpholine rings is 1. The van der Waals surface area contributed by atoms with E-state index in [1.165, 1.54) is 0 Å². The van der Waals surface area contributed by atoms with E-state index in [0.29, 0.717) is 25.7 Å². The molecule has 0 bridgehead atoms. The highest BCUT2D eigenvalue weighted by molar-refractivity contribution is 5.92. The Kier molecular flexibility index (Phi) is 4.69. The highest BCUT2D eigenvalue weighted by atomic mass is 19.3. The first-order valence-electron chi connectivity index (χ1n) is 6.71. The normalized spacial score (nSPS) is 19.9. The smallest absolute Gasteiger partial charge is 0.279 e. The Morgan fingerprint density at radius 1 is 1.60 bits per heavy atom. The number of hydrogen-bond acceptors (Lipinski definition) is 3. The predicted molar refractivity (Wildman–Crippen MR) is 68.6 cm³/mol. The molecule has 1 atom stereocenters. The van der Waals surface area contributed by atoms with Crippen LogP contribution >= 0.6 is 0 Å². The number of aromatic amines is 1. The second-order valence-corrected chi connectivity index (χ2v) is 5.37. The average Bonchev–Trinajstić information content (AvgIpc) is 2.87. The Morgan fingerprint density at radius 2 is 2.35 bits per heavy atom. The van der Waals surface area contributed by atoms with Crippen molar-refractivity contribution in [2.75, 3.05) is 19.8 Å². The summed E-state index contributed by atoms with van der Waals surface area (Å²) in [5.74, 6) is 0.106. The number of nitrogens with zero attached hydrogens (tertiary/aromatic N) is 2. The highest BCUT2D eigenvalue weighted by Crippen LogP contribution is 2.20. The van der Waals surface area contributed by atoms with Gasteiger partial charge in [0.2, 0.25) is 0 Å². The molecule has 1 aliphatic heterocycles. The summed E-state index contributed by atoms with van der Waals surface area (Å²) < 4.78 is 30.4. The number of nitrogens with one attached hydrogen (secondary N) is 1. The molecule has 0 radical (unpaired) electrons. The van der Waals surface area contributed by atoms with Crippen LogP contribution in [0.25, 0.3) is 0 Å². The van der Waals surface area contributed by atoms with E-state index >= 15 is 0 Å². The molecule has 1 amide bonds. The van der Waals surface area contributed by atoms with Crippen molar-refractivity contribution in [3.63, 3.8) is 0 Å². The molecule has 5 nitrogen and oxygen atoms in total. The lowest BCUT2D eigenvalue weighted by molar-refractivity contribution is -0.00776. The van der Waals surface area contributed by atoms with E-state index in [1.807, 2.05) is 0 Å². The minimum absolute atomic E-state index is 0.0250. The Hall–Kier alpha value is -1.50. The Balaban J connectivity index is 2.12. The fourth-order valence-corrected chi connectivity index (χ4v) is 2.37. The first-order chi connectivity index (χ1) is 9.49. The molecular formula is C13H19F2N3O2. The van der Waals surface area contributed by atoms with Gasteiger partial charge < -0.3 is 9.64 Å². The lowest BCUT2D eigenvalue weighted by Crippen LogP contribution is -2.49. The number of alkyl halides is 2. The molecule has 2 rings (SSSR count). The second kappa shape index (κ2) is 6.30. The molecule has 1 saturated heterocycles. The summed E-state index contributed by atoms with van der Waals surface area (Å²) in [6, 6.07) is 1.09. The second-order valence-electron chi connectivity index (χ2n) is 5.37. The van der Waals surface area contributed by atoms with E-state index < -0.39 is 6.43 Å². The van der Waals surface area contributed by atoms with Crippen LogP contribution in [0.4, 0.5) is 8.78 Å². The van der Waals surface area contributed by atoms with Crippen LogP contribution in [0.2, 0.25) is 0 Å². The molecule has 0 aromatic carbocycles. The number of amides is 1. The number of aromatic nitrogens is 2. The molecule has 20 heavy (non-hydrogen) atoms. The standard InChI is InChI=1S/C13H19F2N3O2/c1-8(2)5-9-7-20-4-3-18(9)13(19)11-6-10(12(14)15)16-17-11/h6,8-9,12H,3-5,7H2,1-2H3,(H,16,17)/t9-/m1/s1. The molecule has 1 aliphatic rings. The molecule has 0 aliphatic carbocycles. The summed E-state index contributed by atoms with van der Waals surface area (Å²) in [5.41, 5.74) is -0.294. The lowest BCUT2D eigenvalue weighted by atomic mass is 10.0. The van der Waals surface area contributed by atoms with E-state index in [9.17, 15) is 13.6 Å². The van der Waals surface area contributed by atoms with Crippen molar-refractivity contribution in [2.24, 2.45) is 5.92 Å². The van der Waals surface area contributed by atoms with E-state index in [2.05, 4.69) is 24.0 Å². The molecule has 0 spiro atoms. The van der Waals surface area contributed by atoms with Crippen molar-refractivity contribution in [2.45, 2.75) is 32.7 Å². The van der Waals surface area contributed by atoms with Gasteiger partial charge in [0.05, 0.1) is 19.3 Å². The van der Waals surface area contributed by atoms with E-state index in [-0.39, 0.29) is 23.3 Å². The largest absolute Gasteiger partial charge is 0.377 e. The van der Waals surface area contributed by atoms with Gasteiger partial charge in [0, 0.05) is 6.54 Å². The van der Waals surface area contributed by atoms with Crippen LogP contribution in [0.3, 0.4) is 0 Å². The third-order valence-corrected chi connectivity index (χ3v) is 3.28. The number of carbonyl (C=O) groups is 1. The number of rotatable bonds is 4. The SMILES string of the molecule is CC(C)C[C@@H]1COCCN1C(=O)c1cc(C(F)F)[nH]n1. The first kappa shape index (κ1) is 14.9. The number of ether oxygens (including phenoxy) is 1. The maximum Gasteiger partial charge on any atom is 0.279 e. The minimum Gasteiger partial charge on any atom is -0.377 e. The Labute approximate surface area is 116 Å². The zero-order valence-electron chi connectivity index (χ0n) is 11.6. The van der Waals surface area contributed by atoms with Crippen molar-refractivity contribution in [3.8, 4) is 0 Å². The first-order valence-corrected chi connectivity index (χ1v) is 6.71. The predicted octanol–water partition coefficient (Wildman–Crippen LogP) is 2.23. The minimum atomic E-state index is -2.65. The summed E-state index contributed by atoms with van der Waals surface area (Å²) in [6.07, 6.45) is -1.84. The highest BCUT2D eigenvalue weighted by Gasteiger charge is 2.30. The van der Waals surface area contributed by atoms with Crippen LogP contribution in [0.15, 0.2) is 6.07 Å². The maximum atomic E-state index is 12.5. The number of H-pyrrole nitrogens is 1. The molecule has 1 N–H and O–H groups in total. The van der Waals surface area contributed by atoms with E-state index in [0.717, 1.165) is 12.5 Å². The third kappa shape index (κ3) is 3.33. The van der Waals surface area contributed by atoms with E-state index in [1.54, 1.807) is 4.90 Å². The van der Waals surface area contributed by atoms with Gasteiger partial charge in [0.15, 0.2) is 5.69 Å². The molecule has 1 aromatic heterocycles. The number of halogens is 2. The lowest BCUT2D eigenvalue weighted by Gasteiger charge is -2.36. The zero-order valence-corrected chi connectivity index (χ0v) is 11.6. The summed E-state index contributed by atoms with van der Waals surface area (Å²) in [5, 5.41) is 5.89. The van der Waals surface area contributed by atoms with Gasteiger partial charge in [-0.1, -0.05) is 13.8 Å². The topological polar surface area (TPSA) is 58.2 Å². The molecular weight excluding hydrogens is 268 g/mol.